The molecular weight excluding hydrogens is 498 g/mol. The number of amides is 3. The van der Waals surface area contributed by atoms with E-state index in [-0.39, 0.29) is 36.3 Å². The van der Waals surface area contributed by atoms with E-state index in [1.165, 1.54) is 6.42 Å². The van der Waals surface area contributed by atoms with Gasteiger partial charge in [0.25, 0.3) is 0 Å². The fourth-order valence-electron chi connectivity index (χ4n) is 7.86. The Labute approximate surface area is 233 Å². The van der Waals surface area contributed by atoms with Gasteiger partial charge in [0, 0.05) is 30.9 Å². The maximum Gasteiger partial charge on any atom is 0.247 e. The lowest BCUT2D eigenvalue weighted by Gasteiger charge is -2.43. The Kier molecular flexibility index (Phi) is 8.73. The van der Waals surface area contributed by atoms with Gasteiger partial charge in [0.2, 0.25) is 17.7 Å². The molecule has 0 aromatic carbocycles. The van der Waals surface area contributed by atoms with Gasteiger partial charge in [-0.3, -0.25) is 14.4 Å². The van der Waals surface area contributed by atoms with Crippen LogP contribution in [0, 0.1) is 17.8 Å². The van der Waals surface area contributed by atoms with E-state index in [4.69, 9.17) is 0 Å². The van der Waals surface area contributed by atoms with Gasteiger partial charge in [-0.2, -0.15) is 0 Å². The van der Waals surface area contributed by atoms with Crippen molar-refractivity contribution in [3.63, 3.8) is 0 Å². The van der Waals surface area contributed by atoms with Crippen LogP contribution in [0.15, 0.2) is 25.3 Å². The highest BCUT2D eigenvalue weighted by molar-refractivity contribution is 8.02. The Balaban J connectivity index is 1.81. The predicted octanol–water partition coefficient (Wildman–Crippen LogP) is 3.87. The van der Waals surface area contributed by atoms with Crippen LogP contribution < -0.4 is 0 Å². The largest absolute Gasteiger partial charge is 0.394 e. The summed E-state index contributed by atoms with van der Waals surface area (Å²) < 4.78 is -1.07. The Morgan fingerprint density at radius 1 is 1.13 bits per heavy atom. The number of likely N-dealkylation sites (N-methyl/N-ethyl adjacent to an activating group) is 1. The van der Waals surface area contributed by atoms with Crippen LogP contribution >= 0.6 is 11.8 Å². The average molecular weight is 546 g/mol. The normalized spacial score (nSPS) is 33.4. The van der Waals surface area contributed by atoms with Crippen LogP contribution in [0.1, 0.15) is 72.1 Å². The number of hydrogen-bond acceptors (Lipinski definition) is 5. The minimum atomic E-state index is -0.688. The van der Waals surface area contributed by atoms with E-state index >= 15 is 0 Å². The van der Waals surface area contributed by atoms with Crippen LogP contribution in [-0.4, -0.2) is 91.9 Å². The highest BCUT2D eigenvalue weighted by Gasteiger charge is 2.78. The molecular formula is C30H47N3O4S. The number of fused-ring (bicyclic) bond motifs is 1. The number of aliphatic hydroxyl groups is 1. The molecule has 212 valence electrons. The maximum atomic E-state index is 14.7. The van der Waals surface area contributed by atoms with Crippen LogP contribution in [0.4, 0.5) is 0 Å². The Morgan fingerprint density at radius 2 is 1.79 bits per heavy atom. The molecule has 4 aliphatic rings. The zero-order chi connectivity index (χ0) is 27.8. The summed E-state index contributed by atoms with van der Waals surface area (Å²) in [7, 11) is 1.76. The van der Waals surface area contributed by atoms with E-state index in [0.717, 1.165) is 38.5 Å². The zero-order valence-corrected chi connectivity index (χ0v) is 24.5. The topological polar surface area (TPSA) is 81.2 Å². The van der Waals surface area contributed by atoms with E-state index in [1.54, 1.807) is 40.8 Å². The van der Waals surface area contributed by atoms with Crippen LogP contribution in [0.25, 0.3) is 0 Å². The molecule has 0 radical (unpaired) electrons. The van der Waals surface area contributed by atoms with E-state index in [9.17, 15) is 19.5 Å². The van der Waals surface area contributed by atoms with E-state index in [2.05, 4.69) is 33.9 Å². The molecule has 3 aliphatic heterocycles. The summed E-state index contributed by atoms with van der Waals surface area (Å²) in [5.41, 5.74) is 0. The number of hydrogen-bond donors (Lipinski definition) is 1. The summed E-state index contributed by atoms with van der Waals surface area (Å²) in [6, 6.07) is -1.01. The molecule has 0 aromatic heterocycles. The van der Waals surface area contributed by atoms with Crippen LogP contribution in [0.2, 0.25) is 0 Å². The third-order valence-corrected chi connectivity index (χ3v) is 11.5. The third-order valence-electron chi connectivity index (χ3n) is 9.47. The molecule has 3 amide bonds. The standard InChI is InChI=1S/C30H47N3O4S/c1-7-16-31(6)26(35)23-24-27(36)33(22(19-34)18-20(3)4)25(30(24)15-14-29(23,5)38-30)28(37)32(17-8-2)21-12-10-9-11-13-21/h7-8,20-25,34H,1-2,9-19H2,3-6H3/t22-,23-,24+,25?,29+,30?/m1/s1. The number of rotatable bonds is 11. The van der Waals surface area contributed by atoms with E-state index in [1.807, 2.05) is 4.90 Å². The minimum Gasteiger partial charge on any atom is -0.394 e. The smallest absolute Gasteiger partial charge is 0.247 e. The molecule has 3 saturated heterocycles. The van der Waals surface area contributed by atoms with Crippen LogP contribution in [0.5, 0.6) is 0 Å². The van der Waals surface area contributed by atoms with Gasteiger partial charge in [0.1, 0.15) is 6.04 Å². The number of aliphatic hydroxyl groups excluding tert-OH is 1. The number of likely N-dealkylation sites (tertiary alicyclic amines) is 1. The van der Waals surface area contributed by atoms with Gasteiger partial charge in [-0.05, 0) is 44.9 Å². The summed E-state index contributed by atoms with van der Waals surface area (Å²) in [5, 5.41) is 10.5. The van der Waals surface area contributed by atoms with Gasteiger partial charge in [-0.25, -0.2) is 0 Å². The molecule has 1 aliphatic carbocycles. The highest BCUT2D eigenvalue weighted by Crippen LogP contribution is 2.72. The third kappa shape index (κ3) is 4.74. The molecule has 4 fully saturated rings. The van der Waals surface area contributed by atoms with Crippen LogP contribution in [-0.2, 0) is 14.4 Å². The Hall–Kier alpha value is -1.80. The second-order valence-electron chi connectivity index (χ2n) is 12.5. The van der Waals surface area contributed by atoms with Crippen molar-refractivity contribution in [2.45, 2.75) is 99.8 Å². The molecule has 8 heteroatoms. The molecule has 7 nitrogen and oxygen atoms in total. The lowest BCUT2D eigenvalue weighted by Crippen LogP contribution is -2.59. The minimum absolute atomic E-state index is 0.0286. The molecule has 1 saturated carbocycles. The molecule has 1 spiro atoms. The zero-order valence-electron chi connectivity index (χ0n) is 23.7. The van der Waals surface area contributed by atoms with Crippen molar-refractivity contribution in [3.05, 3.63) is 25.3 Å². The van der Waals surface area contributed by atoms with Gasteiger partial charge in [-0.1, -0.05) is 45.3 Å². The first kappa shape index (κ1) is 29.2. The van der Waals surface area contributed by atoms with Crippen molar-refractivity contribution in [2.75, 3.05) is 26.7 Å². The fourth-order valence-corrected chi connectivity index (χ4v) is 10.2. The highest BCUT2D eigenvalue weighted by atomic mass is 32.2. The van der Waals surface area contributed by atoms with Gasteiger partial charge < -0.3 is 19.8 Å². The van der Waals surface area contributed by atoms with E-state index < -0.39 is 33.4 Å². The quantitative estimate of drug-likeness (QED) is 0.399. The van der Waals surface area contributed by atoms with Crippen molar-refractivity contribution < 1.29 is 19.5 Å². The molecule has 6 atom stereocenters. The number of carbonyl (C=O) groups excluding carboxylic acids is 3. The molecule has 2 bridgehead atoms. The summed E-state index contributed by atoms with van der Waals surface area (Å²) in [4.78, 5) is 48.4. The van der Waals surface area contributed by atoms with Crippen molar-refractivity contribution in [1.29, 1.82) is 0 Å². The number of nitrogens with zero attached hydrogens (tertiary/aromatic N) is 3. The molecule has 3 heterocycles. The lowest BCUT2D eigenvalue weighted by atomic mass is 9.66. The number of thioether (sulfide) groups is 1. The second kappa shape index (κ2) is 11.4. The molecule has 0 aromatic rings. The SMILES string of the molecule is C=CCN(C)C(=O)[C@H]1[C@H]2C(=O)N([C@@H](CO)CC(C)C)C(C(=O)N(CC=C)C3CCCCC3)C23CC[C@]1(C)S3. The summed E-state index contributed by atoms with van der Waals surface area (Å²) in [6.07, 6.45) is 10.9. The van der Waals surface area contributed by atoms with Crippen molar-refractivity contribution in [2.24, 2.45) is 17.8 Å². The lowest BCUT2D eigenvalue weighted by molar-refractivity contribution is -0.148. The molecule has 38 heavy (non-hydrogen) atoms. The maximum absolute atomic E-state index is 14.7. The van der Waals surface area contributed by atoms with Gasteiger partial charge in [0.15, 0.2) is 0 Å². The summed E-state index contributed by atoms with van der Waals surface area (Å²) in [6.45, 7) is 14.6. The predicted molar refractivity (Wildman–Crippen MR) is 153 cm³/mol. The summed E-state index contributed by atoms with van der Waals surface area (Å²) >= 11 is 1.71. The molecule has 1 N–H and O–H groups in total. The average Bonchev–Trinajstić information content (AvgIpc) is 3.46. The van der Waals surface area contributed by atoms with Crippen molar-refractivity contribution in [3.8, 4) is 0 Å². The summed E-state index contributed by atoms with van der Waals surface area (Å²) in [5.74, 6) is -1.04. The van der Waals surface area contributed by atoms with Crippen molar-refractivity contribution >= 4 is 29.5 Å². The van der Waals surface area contributed by atoms with Crippen molar-refractivity contribution in [1.82, 2.24) is 14.7 Å². The Bertz CT molecular complexity index is 950. The van der Waals surface area contributed by atoms with Gasteiger partial charge >= 0.3 is 0 Å². The second-order valence-corrected chi connectivity index (χ2v) is 14.4. The fraction of sp³-hybridized carbons (Fsp3) is 0.767. The monoisotopic (exact) mass is 545 g/mol. The number of carbonyl (C=O) groups is 3. The first-order valence-corrected chi connectivity index (χ1v) is 15.3. The van der Waals surface area contributed by atoms with Gasteiger partial charge in [0.05, 0.1) is 29.2 Å². The van der Waals surface area contributed by atoms with Crippen LogP contribution in [0.3, 0.4) is 0 Å². The Morgan fingerprint density at radius 3 is 2.37 bits per heavy atom. The van der Waals surface area contributed by atoms with E-state index in [0.29, 0.717) is 19.5 Å². The first-order valence-electron chi connectivity index (χ1n) is 14.5. The molecule has 4 rings (SSSR count). The van der Waals surface area contributed by atoms with Gasteiger partial charge in [-0.15, -0.1) is 24.9 Å². The molecule has 2 unspecified atom stereocenters. The first-order chi connectivity index (χ1) is 18.1.